The first-order valence-electron chi connectivity index (χ1n) is 8.69. The van der Waals surface area contributed by atoms with E-state index in [0.717, 1.165) is 27.1 Å². The van der Waals surface area contributed by atoms with Gasteiger partial charge >= 0.3 is 0 Å². The largest absolute Gasteiger partial charge is 0.497 e. The topological polar surface area (TPSA) is 18.5 Å². The molecule has 0 aliphatic carbocycles. The van der Waals surface area contributed by atoms with Crippen LogP contribution < -0.4 is 9.47 Å². The standard InChI is InChI=1S/C24H19BrO2/c1-26-21-11-17(12-22(15-21)27-2)4-3-16-5-6-18-7-8-19-9-10-20(25)14-24(19)23(18)13-16/h3-15H,1-2H3/b4-3+. The molecule has 0 saturated carbocycles. The molecule has 2 nitrogen and oxygen atoms in total. The SMILES string of the molecule is COc1cc(/C=C/c2ccc3ccc4ccc(Br)cc4c3c2)cc(OC)c1. The minimum Gasteiger partial charge on any atom is -0.497 e. The van der Waals surface area contributed by atoms with Crippen molar-refractivity contribution in [1.82, 2.24) is 0 Å². The first kappa shape index (κ1) is 17.6. The predicted octanol–water partition coefficient (Wildman–Crippen LogP) is 6.94. The van der Waals surface area contributed by atoms with Gasteiger partial charge in [-0.15, -0.1) is 0 Å². The zero-order chi connectivity index (χ0) is 18.8. The van der Waals surface area contributed by atoms with Crippen LogP contribution in [0.5, 0.6) is 11.5 Å². The third kappa shape index (κ3) is 3.69. The molecule has 0 aliphatic rings. The molecule has 0 aromatic heterocycles. The maximum Gasteiger partial charge on any atom is 0.123 e. The van der Waals surface area contributed by atoms with E-state index in [-0.39, 0.29) is 0 Å². The molecule has 3 heteroatoms. The molecule has 0 N–H and O–H groups in total. The molecule has 0 fully saturated rings. The average Bonchev–Trinajstić information content (AvgIpc) is 2.71. The van der Waals surface area contributed by atoms with E-state index in [1.165, 1.54) is 21.5 Å². The fourth-order valence-corrected chi connectivity index (χ4v) is 3.62. The van der Waals surface area contributed by atoms with E-state index in [1.807, 2.05) is 18.2 Å². The lowest BCUT2D eigenvalue weighted by atomic mass is 9.99. The van der Waals surface area contributed by atoms with Crippen LogP contribution in [0.4, 0.5) is 0 Å². The molecule has 0 aliphatic heterocycles. The van der Waals surface area contributed by atoms with Crippen molar-refractivity contribution in [3.05, 3.63) is 82.3 Å². The molecule has 0 heterocycles. The van der Waals surface area contributed by atoms with Crippen LogP contribution >= 0.6 is 15.9 Å². The zero-order valence-corrected chi connectivity index (χ0v) is 16.8. The Bertz CT molecular complexity index is 1140. The molecule has 0 radical (unpaired) electrons. The van der Waals surface area contributed by atoms with E-state index in [9.17, 15) is 0 Å². The number of halogens is 1. The predicted molar refractivity (Wildman–Crippen MR) is 118 cm³/mol. The minimum atomic E-state index is 0.781. The van der Waals surface area contributed by atoms with Gasteiger partial charge in [-0.05, 0) is 63.0 Å². The molecule has 0 amide bonds. The molecule has 0 atom stereocenters. The van der Waals surface area contributed by atoms with Crippen molar-refractivity contribution in [2.24, 2.45) is 0 Å². The molecule has 27 heavy (non-hydrogen) atoms. The number of rotatable bonds is 4. The van der Waals surface area contributed by atoms with Gasteiger partial charge in [-0.25, -0.2) is 0 Å². The maximum absolute atomic E-state index is 5.35. The first-order valence-corrected chi connectivity index (χ1v) is 9.49. The van der Waals surface area contributed by atoms with Crippen LogP contribution in [0.15, 0.2) is 71.2 Å². The zero-order valence-electron chi connectivity index (χ0n) is 15.2. The number of methoxy groups -OCH3 is 2. The van der Waals surface area contributed by atoms with Gasteiger partial charge in [-0.3, -0.25) is 0 Å². The second kappa shape index (κ2) is 7.45. The Morgan fingerprint density at radius 3 is 1.85 bits per heavy atom. The summed E-state index contributed by atoms with van der Waals surface area (Å²) >= 11 is 3.59. The van der Waals surface area contributed by atoms with Crippen molar-refractivity contribution in [2.75, 3.05) is 14.2 Å². The summed E-state index contributed by atoms with van der Waals surface area (Å²) in [5.74, 6) is 1.56. The number of hydrogen-bond acceptors (Lipinski definition) is 2. The molecule has 4 aromatic rings. The smallest absolute Gasteiger partial charge is 0.123 e. The van der Waals surface area contributed by atoms with Crippen LogP contribution in [0.25, 0.3) is 33.7 Å². The van der Waals surface area contributed by atoms with E-state index < -0.39 is 0 Å². The van der Waals surface area contributed by atoms with Gasteiger partial charge in [0.25, 0.3) is 0 Å². The highest BCUT2D eigenvalue weighted by molar-refractivity contribution is 9.10. The van der Waals surface area contributed by atoms with Crippen LogP contribution in [0.1, 0.15) is 11.1 Å². The maximum atomic E-state index is 5.35. The van der Waals surface area contributed by atoms with E-state index in [1.54, 1.807) is 14.2 Å². The van der Waals surface area contributed by atoms with E-state index >= 15 is 0 Å². The fourth-order valence-electron chi connectivity index (χ4n) is 3.26. The molecule has 0 bridgehead atoms. The minimum absolute atomic E-state index is 0.781. The number of fused-ring (bicyclic) bond motifs is 3. The molecule has 0 unspecified atom stereocenters. The van der Waals surface area contributed by atoms with Gasteiger partial charge in [0.1, 0.15) is 11.5 Å². The molecule has 0 saturated heterocycles. The van der Waals surface area contributed by atoms with Gasteiger partial charge in [0.2, 0.25) is 0 Å². The Morgan fingerprint density at radius 2 is 1.19 bits per heavy atom. The van der Waals surface area contributed by atoms with Crippen LogP contribution in [0.3, 0.4) is 0 Å². The van der Waals surface area contributed by atoms with Crippen LogP contribution in [0, 0.1) is 0 Å². The number of ether oxygens (including phenoxy) is 2. The monoisotopic (exact) mass is 418 g/mol. The average molecular weight is 419 g/mol. The van der Waals surface area contributed by atoms with Crippen LogP contribution in [-0.2, 0) is 0 Å². The van der Waals surface area contributed by atoms with Crippen molar-refractivity contribution in [2.45, 2.75) is 0 Å². The Kier molecular flexibility index (Phi) is 4.87. The second-order valence-electron chi connectivity index (χ2n) is 6.39. The lowest BCUT2D eigenvalue weighted by Gasteiger charge is -2.07. The Labute approximate surface area is 167 Å². The summed E-state index contributed by atoms with van der Waals surface area (Å²) in [5, 5.41) is 4.98. The lowest BCUT2D eigenvalue weighted by Crippen LogP contribution is -1.88. The third-order valence-electron chi connectivity index (χ3n) is 4.67. The highest BCUT2D eigenvalue weighted by atomic mass is 79.9. The normalized spacial score (nSPS) is 11.4. The van der Waals surface area contributed by atoms with Crippen LogP contribution in [0.2, 0.25) is 0 Å². The Balaban J connectivity index is 1.77. The molecule has 134 valence electrons. The van der Waals surface area contributed by atoms with E-state index in [0.29, 0.717) is 0 Å². The summed E-state index contributed by atoms with van der Waals surface area (Å²) in [6.07, 6.45) is 4.19. The van der Waals surface area contributed by atoms with Crippen molar-refractivity contribution >= 4 is 49.6 Å². The molecule has 4 rings (SSSR count). The quantitative estimate of drug-likeness (QED) is 0.263. The van der Waals surface area contributed by atoms with Gasteiger partial charge in [-0.1, -0.05) is 58.4 Å². The first-order chi connectivity index (χ1) is 13.2. The van der Waals surface area contributed by atoms with Gasteiger partial charge < -0.3 is 9.47 Å². The Morgan fingerprint density at radius 1 is 0.630 bits per heavy atom. The summed E-state index contributed by atoms with van der Waals surface area (Å²) in [5.41, 5.74) is 2.18. The summed E-state index contributed by atoms with van der Waals surface area (Å²) in [7, 11) is 3.32. The fraction of sp³-hybridized carbons (Fsp3) is 0.0833. The van der Waals surface area contributed by atoms with Gasteiger partial charge in [0.15, 0.2) is 0 Å². The summed E-state index contributed by atoms with van der Waals surface area (Å²) < 4.78 is 11.8. The van der Waals surface area contributed by atoms with Crippen molar-refractivity contribution < 1.29 is 9.47 Å². The highest BCUT2D eigenvalue weighted by Gasteiger charge is 2.03. The van der Waals surface area contributed by atoms with Crippen molar-refractivity contribution in [3.8, 4) is 11.5 Å². The molecule has 0 spiro atoms. The van der Waals surface area contributed by atoms with E-state index in [4.69, 9.17) is 9.47 Å². The second-order valence-corrected chi connectivity index (χ2v) is 7.31. The number of benzene rings is 4. The summed E-state index contributed by atoms with van der Waals surface area (Å²) in [6.45, 7) is 0. The molecular formula is C24H19BrO2. The molecule has 4 aromatic carbocycles. The van der Waals surface area contributed by atoms with Crippen molar-refractivity contribution in [1.29, 1.82) is 0 Å². The molecular weight excluding hydrogens is 400 g/mol. The van der Waals surface area contributed by atoms with Crippen molar-refractivity contribution in [3.63, 3.8) is 0 Å². The van der Waals surface area contributed by atoms with Crippen LogP contribution in [-0.4, -0.2) is 14.2 Å². The van der Waals surface area contributed by atoms with Gasteiger partial charge in [-0.2, -0.15) is 0 Å². The van der Waals surface area contributed by atoms with E-state index in [2.05, 4.69) is 76.6 Å². The highest BCUT2D eigenvalue weighted by Crippen LogP contribution is 2.29. The number of hydrogen-bond donors (Lipinski definition) is 0. The summed E-state index contributed by atoms with van der Waals surface area (Å²) in [6, 6.07) is 23.1. The lowest BCUT2D eigenvalue weighted by molar-refractivity contribution is 0.394. The van der Waals surface area contributed by atoms with Gasteiger partial charge in [0, 0.05) is 10.5 Å². The third-order valence-corrected chi connectivity index (χ3v) is 5.16. The Hall–Kier alpha value is -2.78. The van der Waals surface area contributed by atoms with Gasteiger partial charge in [0.05, 0.1) is 14.2 Å². The summed E-state index contributed by atoms with van der Waals surface area (Å²) in [4.78, 5) is 0.